The second-order valence-corrected chi connectivity index (χ2v) is 4.75. The summed E-state index contributed by atoms with van der Waals surface area (Å²) >= 11 is 0. The molecule has 2 atom stereocenters. The molecule has 5 nitrogen and oxygen atoms in total. The molecule has 2 aromatic rings. The summed E-state index contributed by atoms with van der Waals surface area (Å²) in [5, 5.41) is 0. The smallest absolute Gasteiger partial charge is 0.161 e. The molecule has 104 valence electrons. The molecule has 2 heterocycles. The van der Waals surface area contributed by atoms with E-state index < -0.39 is 0 Å². The molecule has 0 fully saturated rings. The molecular weight excluding hydrogens is 254 g/mol. The van der Waals surface area contributed by atoms with Crippen LogP contribution < -0.4 is 20.7 Å². The van der Waals surface area contributed by atoms with Crippen LogP contribution >= 0.6 is 0 Å². The lowest BCUT2D eigenvalue weighted by molar-refractivity contribution is 0.0619. The maximum Gasteiger partial charge on any atom is 0.161 e. The van der Waals surface area contributed by atoms with Crippen molar-refractivity contribution in [1.82, 2.24) is 10.4 Å². The van der Waals surface area contributed by atoms with Gasteiger partial charge in [0.25, 0.3) is 0 Å². The van der Waals surface area contributed by atoms with Crippen LogP contribution in [0, 0.1) is 0 Å². The van der Waals surface area contributed by atoms with Gasteiger partial charge in [-0.3, -0.25) is 16.3 Å². The lowest BCUT2D eigenvalue weighted by Crippen LogP contribution is -2.51. The fourth-order valence-electron chi connectivity index (χ4n) is 2.30. The van der Waals surface area contributed by atoms with Crippen molar-refractivity contribution in [3.8, 4) is 11.5 Å². The highest BCUT2D eigenvalue weighted by molar-refractivity contribution is 5.40. The minimum absolute atomic E-state index is 0.0347. The van der Waals surface area contributed by atoms with E-state index in [2.05, 4.69) is 10.4 Å². The van der Waals surface area contributed by atoms with Crippen LogP contribution in [-0.2, 0) is 6.42 Å². The summed E-state index contributed by atoms with van der Waals surface area (Å²) < 4.78 is 11.7. The van der Waals surface area contributed by atoms with Crippen molar-refractivity contribution in [2.75, 3.05) is 6.61 Å². The summed E-state index contributed by atoms with van der Waals surface area (Å²) in [4.78, 5) is 4.11. The van der Waals surface area contributed by atoms with E-state index in [-0.39, 0.29) is 12.1 Å². The molecule has 0 amide bonds. The van der Waals surface area contributed by atoms with E-state index in [4.69, 9.17) is 15.3 Å². The first-order chi connectivity index (χ1) is 9.86. The fraction of sp³-hybridized carbons (Fsp3) is 0.267. The van der Waals surface area contributed by atoms with Crippen molar-refractivity contribution in [2.24, 2.45) is 5.84 Å². The molecule has 2 unspecified atom stereocenters. The predicted octanol–water partition coefficient (Wildman–Crippen LogP) is 1.30. The molecule has 0 spiro atoms. The van der Waals surface area contributed by atoms with Crippen molar-refractivity contribution in [3.05, 3.63) is 54.4 Å². The number of fused-ring (bicyclic) bond motifs is 1. The third-order valence-electron chi connectivity index (χ3n) is 3.37. The van der Waals surface area contributed by atoms with Crippen LogP contribution in [0.25, 0.3) is 0 Å². The van der Waals surface area contributed by atoms with Gasteiger partial charge in [0.1, 0.15) is 12.7 Å². The Hall–Kier alpha value is -2.11. The zero-order valence-electron chi connectivity index (χ0n) is 11.0. The lowest BCUT2D eigenvalue weighted by Gasteiger charge is -2.31. The zero-order chi connectivity index (χ0) is 13.8. The average molecular weight is 271 g/mol. The number of pyridine rings is 1. The molecule has 3 N–H and O–H groups in total. The summed E-state index contributed by atoms with van der Waals surface area (Å²) in [6.45, 7) is 0.478. The first-order valence-corrected chi connectivity index (χ1v) is 6.60. The van der Waals surface area contributed by atoms with Gasteiger partial charge in [-0.05, 0) is 30.2 Å². The SMILES string of the molecule is NNC(Cc1cccnc1)C1COc2ccccc2O1. The summed E-state index contributed by atoms with van der Waals surface area (Å²) in [6, 6.07) is 11.6. The predicted molar refractivity (Wildman–Crippen MR) is 75.4 cm³/mol. The van der Waals surface area contributed by atoms with Crippen LogP contribution in [0.1, 0.15) is 5.56 Å². The van der Waals surface area contributed by atoms with Crippen LogP contribution in [0.3, 0.4) is 0 Å². The van der Waals surface area contributed by atoms with Gasteiger partial charge < -0.3 is 9.47 Å². The zero-order valence-corrected chi connectivity index (χ0v) is 11.0. The topological polar surface area (TPSA) is 69.4 Å². The Kier molecular flexibility index (Phi) is 3.80. The molecule has 0 saturated heterocycles. The lowest BCUT2D eigenvalue weighted by atomic mass is 10.0. The molecule has 0 saturated carbocycles. The standard InChI is InChI=1S/C15H17N3O2/c16-18-12(8-11-4-3-7-17-9-11)15-10-19-13-5-1-2-6-14(13)20-15/h1-7,9,12,15,18H,8,10,16H2. The number of rotatable bonds is 4. The van der Waals surface area contributed by atoms with Gasteiger partial charge >= 0.3 is 0 Å². The molecular formula is C15H17N3O2. The van der Waals surface area contributed by atoms with E-state index in [1.165, 1.54) is 0 Å². The number of nitrogens with zero attached hydrogens (tertiary/aromatic N) is 1. The second kappa shape index (κ2) is 5.90. The number of hydrazine groups is 1. The molecule has 1 aromatic carbocycles. The number of nitrogens with one attached hydrogen (secondary N) is 1. The first kappa shape index (κ1) is 12.9. The second-order valence-electron chi connectivity index (χ2n) is 4.75. The first-order valence-electron chi connectivity index (χ1n) is 6.60. The molecule has 1 aliphatic rings. The molecule has 0 radical (unpaired) electrons. The van der Waals surface area contributed by atoms with Gasteiger partial charge in [-0.1, -0.05) is 18.2 Å². The highest BCUT2D eigenvalue weighted by Crippen LogP contribution is 2.31. The number of ether oxygens (including phenoxy) is 2. The third kappa shape index (κ3) is 2.74. The van der Waals surface area contributed by atoms with Crippen LogP contribution in [0.2, 0.25) is 0 Å². The normalized spacial score (nSPS) is 18.6. The van der Waals surface area contributed by atoms with Gasteiger partial charge in [-0.25, -0.2) is 0 Å². The summed E-state index contributed by atoms with van der Waals surface area (Å²) in [5.74, 6) is 7.20. The quantitative estimate of drug-likeness (QED) is 0.648. The Morgan fingerprint density at radius 3 is 2.85 bits per heavy atom. The Bertz CT molecular complexity index is 562. The number of para-hydroxylation sites is 2. The van der Waals surface area contributed by atoms with Gasteiger partial charge in [-0.2, -0.15) is 0 Å². The molecule has 0 aliphatic carbocycles. The third-order valence-corrected chi connectivity index (χ3v) is 3.37. The number of hydrogen-bond donors (Lipinski definition) is 2. The highest BCUT2D eigenvalue weighted by atomic mass is 16.6. The van der Waals surface area contributed by atoms with Crippen molar-refractivity contribution >= 4 is 0 Å². The number of hydrogen-bond acceptors (Lipinski definition) is 5. The monoisotopic (exact) mass is 271 g/mol. The molecule has 5 heteroatoms. The van der Waals surface area contributed by atoms with Gasteiger partial charge in [0.05, 0.1) is 6.04 Å². The fourth-order valence-corrected chi connectivity index (χ4v) is 2.30. The molecule has 0 bridgehead atoms. The molecule has 1 aromatic heterocycles. The average Bonchev–Trinajstić information content (AvgIpc) is 2.53. The van der Waals surface area contributed by atoms with Crippen LogP contribution in [0.15, 0.2) is 48.8 Å². The molecule has 3 rings (SSSR count). The Morgan fingerprint density at radius 1 is 1.25 bits per heavy atom. The largest absolute Gasteiger partial charge is 0.486 e. The number of aromatic nitrogens is 1. The van der Waals surface area contributed by atoms with Gasteiger partial charge in [0.15, 0.2) is 11.5 Å². The van der Waals surface area contributed by atoms with Gasteiger partial charge in [0, 0.05) is 12.4 Å². The van der Waals surface area contributed by atoms with E-state index in [0.29, 0.717) is 6.61 Å². The number of benzene rings is 1. The van der Waals surface area contributed by atoms with Crippen LogP contribution in [0.5, 0.6) is 11.5 Å². The van der Waals surface area contributed by atoms with Crippen molar-refractivity contribution in [1.29, 1.82) is 0 Å². The van der Waals surface area contributed by atoms with E-state index in [9.17, 15) is 0 Å². The summed E-state index contributed by atoms with van der Waals surface area (Å²) in [6.07, 6.45) is 4.20. The molecule has 1 aliphatic heterocycles. The van der Waals surface area contributed by atoms with Crippen LogP contribution in [0.4, 0.5) is 0 Å². The Morgan fingerprint density at radius 2 is 2.10 bits per heavy atom. The Labute approximate surface area is 117 Å². The van der Waals surface area contributed by atoms with Crippen LogP contribution in [-0.4, -0.2) is 23.7 Å². The minimum atomic E-state index is -0.130. The van der Waals surface area contributed by atoms with Crippen molar-refractivity contribution in [3.63, 3.8) is 0 Å². The molecule has 20 heavy (non-hydrogen) atoms. The maximum absolute atomic E-state index is 5.97. The van der Waals surface area contributed by atoms with E-state index >= 15 is 0 Å². The number of nitrogens with two attached hydrogens (primary N) is 1. The van der Waals surface area contributed by atoms with E-state index in [0.717, 1.165) is 23.5 Å². The maximum atomic E-state index is 5.97. The summed E-state index contributed by atoms with van der Waals surface area (Å²) in [7, 11) is 0. The van der Waals surface area contributed by atoms with Gasteiger partial charge in [0.2, 0.25) is 0 Å². The van der Waals surface area contributed by atoms with Crippen molar-refractivity contribution in [2.45, 2.75) is 18.6 Å². The minimum Gasteiger partial charge on any atom is -0.486 e. The van der Waals surface area contributed by atoms with E-state index in [1.807, 2.05) is 42.6 Å². The Balaban J connectivity index is 1.72. The van der Waals surface area contributed by atoms with Gasteiger partial charge in [-0.15, -0.1) is 0 Å². The highest BCUT2D eigenvalue weighted by Gasteiger charge is 2.28. The van der Waals surface area contributed by atoms with E-state index in [1.54, 1.807) is 6.20 Å². The summed E-state index contributed by atoms with van der Waals surface area (Å²) in [5.41, 5.74) is 3.93. The van der Waals surface area contributed by atoms with Crippen molar-refractivity contribution < 1.29 is 9.47 Å².